The Labute approximate surface area is 47.6 Å². The molecule has 0 fully saturated rings. The topological polar surface area (TPSA) is 43.7 Å². The average Bonchev–Trinajstić information content (AvgIpc) is 1.77. The van der Waals surface area contributed by atoms with Gasteiger partial charge in [0.25, 0.3) is 0 Å². The van der Waals surface area contributed by atoms with Crippen LogP contribution in [-0.4, -0.2) is 0 Å². The van der Waals surface area contributed by atoms with Crippen molar-refractivity contribution in [2.75, 3.05) is 0 Å². The molecule has 1 aromatic carbocycles. The van der Waals surface area contributed by atoms with Gasteiger partial charge in [-0.25, -0.2) is 0 Å². The number of hydrogen-bond donors (Lipinski definition) is 0. The molecule has 0 aliphatic heterocycles. The fraction of sp³-hybridized carbons (Fsp3) is 0. The van der Waals surface area contributed by atoms with Crippen molar-refractivity contribution in [2.24, 2.45) is 0 Å². The Hall–Kier alpha value is -1.18. The highest BCUT2D eigenvalue weighted by Crippen LogP contribution is 2.23. The normalized spacial score (nSPS) is 9.00. The van der Waals surface area contributed by atoms with Gasteiger partial charge >= 0.3 is 0 Å². The minimum atomic E-state index is -0.215. The molecule has 0 spiro atoms. The molecule has 0 unspecified atom stereocenters. The monoisotopic (exact) mass is 107 g/mol. The number of para-hydroxylation sites is 1. The molecule has 2 heteroatoms. The van der Waals surface area contributed by atoms with Crippen molar-refractivity contribution < 1.29 is 5.11 Å². The molecule has 8 heavy (non-hydrogen) atoms. The maximum absolute atomic E-state index is 10.4. The zero-order chi connectivity index (χ0) is 5.98. The third-order valence-corrected chi connectivity index (χ3v) is 0.887. The van der Waals surface area contributed by atoms with E-state index in [-0.39, 0.29) is 11.4 Å². The molecule has 1 rings (SSSR count). The molecule has 1 N–H and O–H groups in total. The highest BCUT2D eigenvalue weighted by atomic mass is 16.3. The number of benzene rings is 1. The quantitative estimate of drug-likeness (QED) is 0.489. The van der Waals surface area contributed by atoms with E-state index in [0.717, 1.165) is 0 Å². The van der Waals surface area contributed by atoms with Gasteiger partial charge in [-0.3, -0.25) is 5.11 Å². The van der Waals surface area contributed by atoms with Crippen molar-refractivity contribution in [3.05, 3.63) is 30.0 Å². The molecule has 0 aliphatic carbocycles. The van der Waals surface area contributed by atoms with Gasteiger partial charge in [0.1, 0.15) is 0 Å². The molecule has 0 saturated carbocycles. The molecule has 0 aromatic heterocycles. The molecule has 0 atom stereocenters. The van der Waals surface area contributed by atoms with E-state index in [1.165, 1.54) is 12.1 Å². The summed E-state index contributed by atoms with van der Waals surface area (Å²) in [6.45, 7) is 0. The van der Waals surface area contributed by atoms with Crippen molar-refractivity contribution in [1.29, 1.82) is 0 Å². The van der Waals surface area contributed by atoms with Gasteiger partial charge in [0.2, 0.25) is 0 Å². The third kappa shape index (κ3) is 0.729. The first-order chi connectivity index (χ1) is 3.80. The van der Waals surface area contributed by atoms with Crippen LogP contribution in [0.2, 0.25) is 0 Å². The van der Waals surface area contributed by atoms with Gasteiger partial charge in [-0.1, -0.05) is 23.9 Å². The lowest BCUT2D eigenvalue weighted by Gasteiger charge is -1.99. The Morgan fingerprint density at radius 3 is 2.25 bits per heavy atom. The first kappa shape index (κ1) is 4.97. The minimum Gasteiger partial charge on any atom is -0.696 e. The van der Waals surface area contributed by atoms with Gasteiger partial charge in [0.15, 0.2) is 5.75 Å². The summed E-state index contributed by atoms with van der Waals surface area (Å²) in [6.07, 6.45) is 0. The van der Waals surface area contributed by atoms with E-state index in [9.17, 15) is 5.11 Å². The predicted molar refractivity (Wildman–Crippen MR) is 30.6 cm³/mol. The maximum atomic E-state index is 10.4. The van der Waals surface area contributed by atoms with Gasteiger partial charge in [0, 0.05) is 0 Å². The number of nitrogens with one attached hydrogen (secondary N) is 1. The highest BCUT2D eigenvalue weighted by Gasteiger charge is 1.84. The standard InChI is InChI=1S/C6H5NO/c7-5-3-1-2-4-6(5)8/h1-4,7H/q-1. The van der Waals surface area contributed by atoms with Crippen molar-refractivity contribution in [2.45, 2.75) is 0 Å². The van der Waals surface area contributed by atoms with Crippen LogP contribution in [0.4, 0.5) is 5.69 Å². The first-order valence-corrected chi connectivity index (χ1v) is 2.28. The van der Waals surface area contributed by atoms with Gasteiger partial charge in [-0.05, 0) is 6.07 Å². The lowest BCUT2D eigenvalue weighted by atomic mass is 10.3. The zero-order valence-corrected chi connectivity index (χ0v) is 4.22. The molecular formula is C6H5NO-. The second-order valence-corrected chi connectivity index (χ2v) is 1.50. The van der Waals surface area contributed by atoms with Crippen LogP contribution in [0.5, 0.6) is 5.75 Å². The molecule has 1 aromatic rings. The summed E-state index contributed by atoms with van der Waals surface area (Å²) < 4.78 is 0. The highest BCUT2D eigenvalue weighted by molar-refractivity contribution is 5.54. The molecule has 0 heterocycles. The first-order valence-electron chi connectivity index (χ1n) is 2.28. The fourth-order valence-corrected chi connectivity index (χ4v) is 0.467. The van der Waals surface area contributed by atoms with E-state index >= 15 is 0 Å². The lowest BCUT2D eigenvalue weighted by Crippen LogP contribution is -1.58. The molecule has 0 bridgehead atoms. The summed E-state index contributed by atoms with van der Waals surface area (Å²) in [5.74, 6) is -0.215. The van der Waals surface area contributed by atoms with E-state index in [0.29, 0.717) is 0 Å². The van der Waals surface area contributed by atoms with Gasteiger partial charge in [-0.2, -0.15) is 0 Å². The fourth-order valence-electron chi connectivity index (χ4n) is 0.467. The minimum absolute atomic E-state index is 0.0625. The molecule has 41 valence electrons. The van der Waals surface area contributed by atoms with Crippen LogP contribution in [0.25, 0.3) is 5.73 Å². The van der Waals surface area contributed by atoms with E-state index in [1.54, 1.807) is 12.1 Å². The van der Waals surface area contributed by atoms with E-state index < -0.39 is 0 Å². The summed E-state index contributed by atoms with van der Waals surface area (Å²) in [5.41, 5.74) is 6.97. The van der Waals surface area contributed by atoms with Crippen molar-refractivity contribution >= 4 is 5.69 Å². The van der Waals surface area contributed by atoms with Crippen LogP contribution in [0, 0.1) is 0 Å². The summed E-state index contributed by atoms with van der Waals surface area (Å²) in [6, 6.07) is 6.15. The molecule has 1 radical (unpaired) electrons. The molecule has 0 amide bonds. The van der Waals surface area contributed by atoms with Crippen LogP contribution in [0.1, 0.15) is 0 Å². The summed E-state index contributed by atoms with van der Waals surface area (Å²) in [7, 11) is 0. The number of hydrogen-bond acceptors (Lipinski definition) is 0. The Bertz CT molecular complexity index is 165. The van der Waals surface area contributed by atoms with Crippen LogP contribution in [-0.2, 0) is 5.11 Å². The third-order valence-electron chi connectivity index (χ3n) is 0.887. The largest absolute Gasteiger partial charge is 0.696 e. The second kappa shape index (κ2) is 1.74. The summed E-state index contributed by atoms with van der Waals surface area (Å²) in [5, 5.41) is 10.4. The van der Waals surface area contributed by atoms with Gasteiger partial charge in [-0.15, -0.1) is 0 Å². The van der Waals surface area contributed by atoms with Crippen LogP contribution >= 0.6 is 0 Å². The van der Waals surface area contributed by atoms with Gasteiger partial charge in [0.05, 0.1) is 0 Å². The Balaban J connectivity index is 3.13. The molecular weight excluding hydrogens is 102 g/mol. The van der Waals surface area contributed by atoms with Gasteiger partial charge < -0.3 is 5.73 Å². The lowest BCUT2D eigenvalue weighted by molar-refractivity contribution is 0.358. The van der Waals surface area contributed by atoms with Crippen LogP contribution in [0.3, 0.4) is 0 Å². The average molecular weight is 107 g/mol. The molecule has 0 saturated heterocycles. The predicted octanol–water partition coefficient (Wildman–Crippen LogP) is 2.51. The Morgan fingerprint density at radius 1 is 1.25 bits per heavy atom. The van der Waals surface area contributed by atoms with Crippen molar-refractivity contribution in [3.8, 4) is 5.75 Å². The maximum Gasteiger partial charge on any atom is 0.163 e. The van der Waals surface area contributed by atoms with E-state index in [1.807, 2.05) is 0 Å². The zero-order valence-electron chi connectivity index (χ0n) is 4.22. The summed E-state index contributed by atoms with van der Waals surface area (Å²) in [4.78, 5) is 0. The molecule has 0 aliphatic rings. The van der Waals surface area contributed by atoms with Crippen molar-refractivity contribution in [3.63, 3.8) is 0 Å². The van der Waals surface area contributed by atoms with Crippen molar-refractivity contribution in [1.82, 2.24) is 0 Å². The van der Waals surface area contributed by atoms with Crippen LogP contribution in [0.15, 0.2) is 24.3 Å². The summed E-state index contributed by atoms with van der Waals surface area (Å²) >= 11 is 0. The Morgan fingerprint density at radius 2 is 1.88 bits per heavy atom. The molecule has 2 nitrogen and oxygen atoms in total. The SMILES string of the molecule is [NH-]c1ccccc1[O]. The van der Waals surface area contributed by atoms with Crippen LogP contribution < -0.4 is 0 Å². The Kier molecular flexibility index (Phi) is 1.08. The van der Waals surface area contributed by atoms with E-state index in [4.69, 9.17) is 5.73 Å². The van der Waals surface area contributed by atoms with E-state index in [2.05, 4.69) is 0 Å². The smallest absolute Gasteiger partial charge is 0.163 e. The second-order valence-electron chi connectivity index (χ2n) is 1.50. The number of rotatable bonds is 0.